The molecule has 0 radical (unpaired) electrons. The first kappa shape index (κ1) is 20.2. The molecule has 21 heavy (non-hydrogen) atoms. The van der Waals surface area contributed by atoms with Crippen LogP contribution in [-0.2, 0) is 16.4 Å². The lowest BCUT2D eigenvalue weighted by Gasteiger charge is -2.22. The molecular formula is C14H24IN3O2S. The van der Waals surface area contributed by atoms with Crippen LogP contribution in [0, 0.1) is 0 Å². The van der Waals surface area contributed by atoms with E-state index in [1.807, 2.05) is 30.1 Å². The van der Waals surface area contributed by atoms with E-state index in [-0.39, 0.29) is 29.7 Å². The van der Waals surface area contributed by atoms with Gasteiger partial charge in [0.2, 0.25) is 0 Å². The Morgan fingerprint density at radius 2 is 1.90 bits per heavy atom. The van der Waals surface area contributed by atoms with Crippen molar-refractivity contribution in [2.75, 3.05) is 32.6 Å². The third-order valence-corrected chi connectivity index (χ3v) is 3.84. The van der Waals surface area contributed by atoms with E-state index in [9.17, 15) is 8.42 Å². The van der Waals surface area contributed by atoms with E-state index in [1.54, 1.807) is 7.05 Å². The van der Waals surface area contributed by atoms with Gasteiger partial charge < -0.3 is 10.2 Å². The van der Waals surface area contributed by atoms with Crippen LogP contribution in [0.3, 0.4) is 0 Å². The molecule has 0 amide bonds. The molecule has 1 aromatic carbocycles. The maximum atomic E-state index is 11.1. The maximum absolute atomic E-state index is 11.1. The van der Waals surface area contributed by atoms with E-state index in [0.717, 1.165) is 12.5 Å². The van der Waals surface area contributed by atoms with Gasteiger partial charge in [0.25, 0.3) is 0 Å². The monoisotopic (exact) mass is 425 g/mol. The number of aliphatic imine (C=N–C) groups is 1. The Kier molecular flexibility index (Phi) is 9.60. The Morgan fingerprint density at radius 1 is 1.29 bits per heavy atom. The van der Waals surface area contributed by atoms with E-state index >= 15 is 0 Å². The van der Waals surface area contributed by atoms with Gasteiger partial charge in [0, 0.05) is 33.4 Å². The zero-order valence-electron chi connectivity index (χ0n) is 12.7. The Hall–Kier alpha value is -0.830. The summed E-state index contributed by atoms with van der Waals surface area (Å²) < 4.78 is 22.1. The molecule has 0 aliphatic carbocycles. The van der Waals surface area contributed by atoms with Crippen LogP contribution in [0.4, 0.5) is 0 Å². The van der Waals surface area contributed by atoms with Gasteiger partial charge in [-0.3, -0.25) is 4.99 Å². The summed E-state index contributed by atoms with van der Waals surface area (Å²) in [5, 5.41) is 3.17. The first-order valence-electron chi connectivity index (χ1n) is 6.56. The second-order valence-electron chi connectivity index (χ2n) is 4.80. The van der Waals surface area contributed by atoms with Crippen molar-refractivity contribution in [1.29, 1.82) is 0 Å². The molecule has 0 bridgehead atoms. The number of hydrogen-bond donors (Lipinski definition) is 1. The summed E-state index contributed by atoms with van der Waals surface area (Å²) >= 11 is 0. The Morgan fingerprint density at radius 3 is 2.43 bits per heavy atom. The number of nitrogens with one attached hydrogen (secondary N) is 1. The highest BCUT2D eigenvalue weighted by molar-refractivity contribution is 14.0. The van der Waals surface area contributed by atoms with Gasteiger partial charge in [-0.2, -0.15) is 0 Å². The molecule has 0 aliphatic heterocycles. The predicted octanol–water partition coefficient (Wildman–Crippen LogP) is 1.75. The van der Waals surface area contributed by atoms with Crippen LogP contribution in [0.15, 0.2) is 35.3 Å². The highest BCUT2D eigenvalue weighted by Crippen LogP contribution is 2.02. The lowest BCUT2D eigenvalue weighted by Crippen LogP contribution is -2.39. The SMILES string of the molecule is CN=C(NCCCS(C)(=O)=O)N(C)Cc1ccccc1.I. The number of hydrogen-bond acceptors (Lipinski definition) is 3. The Balaban J connectivity index is 0.00000400. The third kappa shape index (κ3) is 8.92. The lowest BCUT2D eigenvalue weighted by atomic mass is 10.2. The molecule has 0 unspecified atom stereocenters. The van der Waals surface area contributed by atoms with Crippen molar-refractivity contribution in [3.05, 3.63) is 35.9 Å². The van der Waals surface area contributed by atoms with Crippen LogP contribution in [0.25, 0.3) is 0 Å². The summed E-state index contributed by atoms with van der Waals surface area (Å²) in [6.45, 7) is 1.35. The summed E-state index contributed by atoms with van der Waals surface area (Å²) in [5.41, 5.74) is 1.20. The zero-order valence-corrected chi connectivity index (χ0v) is 15.9. The van der Waals surface area contributed by atoms with Gasteiger partial charge in [0.05, 0.1) is 5.75 Å². The van der Waals surface area contributed by atoms with Crippen LogP contribution >= 0.6 is 24.0 Å². The first-order valence-corrected chi connectivity index (χ1v) is 8.62. The van der Waals surface area contributed by atoms with Crippen molar-refractivity contribution in [3.63, 3.8) is 0 Å². The fraction of sp³-hybridized carbons (Fsp3) is 0.500. The molecule has 1 N–H and O–H groups in total. The van der Waals surface area contributed by atoms with E-state index in [1.165, 1.54) is 11.8 Å². The van der Waals surface area contributed by atoms with Gasteiger partial charge in [0.1, 0.15) is 9.84 Å². The molecule has 0 spiro atoms. The van der Waals surface area contributed by atoms with Crippen molar-refractivity contribution in [3.8, 4) is 0 Å². The molecule has 1 aromatic rings. The van der Waals surface area contributed by atoms with E-state index < -0.39 is 9.84 Å². The van der Waals surface area contributed by atoms with E-state index in [0.29, 0.717) is 13.0 Å². The summed E-state index contributed by atoms with van der Waals surface area (Å²) in [6, 6.07) is 10.1. The molecule has 0 aromatic heterocycles. The third-order valence-electron chi connectivity index (χ3n) is 2.81. The molecular weight excluding hydrogens is 401 g/mol. The van der Waals surface area contributed by atoms with Crippen LogP contribution in [0.2, 0.25) is 0 Å². The van der Waals surface area contributed by atoms with Gasteiger partial charge in [-0.15, -0.1) is 24.0 Å². The standard InChI is InChI=1S/C14H23N3O2S.HI/c1-15-14(16-10-7-11-20(3,18)19)17(2)12-13-8-5-4-6-9-13;/h4-6,8-9H,7,10-12H2,1-3H3,(H,15,16);1H. The molecule has 0 aliphatic rings. The normalized spacial score (nSPS) is 11.7. The molecule has 0 saturated heterocycles. The number of halogens is 1. The minimum absolute atomic E-state index is 0. The summed E-state index contributed by atoms with van der Waals surface area (Å²) in [6.07, 6.45) is 1.83. The predicted molar refractivity (Wildman–Crippen MR) is 99.0 cm³/mol. The number of sulfone groups is 1. The number of guanidine groups is 1. The smallest absolute Gasteiger partial charge is 0.193 e. The van der Waals surface area contributed by atoms with Gasteiger partial charge in [-0.1, -0.05) is 30.3 Å². The minimum Gasteiger partial charge on any atom is -0.356 e. The molecule has 0 atom stereocenters. The van der Waals surface area contributed by atoms with Gasteiger partial charge in [-0.05, 0) is 12.0 Å². The average Bonchev–Trinajstić information content (AvgIpc) is 2.38. The van der Waals surface area contributed by atoms with Gasteiger partial charge >= 0.3 is 0 Å². The quantitative estimate of drug-likeness (QED) is 0.327. The van der Waals surface area contributed by atoms with Crippen LogP contribution in [0.5, 0.6) is 0 Å². The summed E-state index contributed by atoms with van der Waals surface area (Å²) in [5.74, 6) is 0.960. The highest BCUT2D eigenvalue weighted by Gasteiger charge is 2.07. The highest BCUT2D eigenvalue weighted by atomic mass is 127. The first-order chi connectivity index (χ1) is 9.42. The van der Waals surface area contributed by atoms with Crippen LogP contribution in [0.1, 0.15) is 12.0 Å². The molecule has 7 heteroatoms. The molecule has 120 valence electrons. The van der Waals surface area contributed by atoms with Crippen molar-refractivity contribution in [2.24, 2.45) is 4.99 Å². The van der Waals surface area contributed by atoms with Crippen LogP contribution in [-0.4, -0.2) is 51.9 Å². The Bertz CT molecular complexity index is 532. The van der Waals surface area contributed by atoms with Crippen molar-refractivity contribution in [2.45, 2.75) is 13.0 Å². The Labute approximate surface area is 144 Å². The number of benzene rings is 1. The minimum atomic E-state index is -2.89. The van der Waals surface area contributed by atoms with E-state index in [4.69, 9.17) is 0 Å². The van der Waals surface area contributed by atoms with Gasteiger partial charge in [0.15, 0.2) is 5.96 Å². The molecule has 1 rings (SSSR count). The second kappa shape index (κ2) is 9.99. The molecule has 0 fully saturated rings. The van der Waals surface area contributed by atoms with E-state index in [2.05, 4.69) is 22.4 Å². The molecule has 0 heterocycles. The molecule has 5 nitrogen and oxygen atoms in total. The fourth-order valence-corrected chi connectivity index (χ4v) is 2.52. The topological polar surface area (TPSA) is 61.8 Å². The van der Waals surface area contributed by atoms with Crippen molar-refractivity contribution in [1.82, 2.24) is 10.2 Å². The lowest BCUT2D eigenvalue weighted by molar-refractivity contribution is 0.476. The summed E-state index contributed by atoms with van der Waals surface area (Å²) in [7, 11) is 0.789. The summed E-state index contributed by atoms with van der Waals surface area (Å²) in [4.78, 5) is 6.21. The second-order valence-corrected chi connectivity index (χ2v) is 7.06. The zero-order chi connectivity index (χ0) is 15.0. The number of rotatable bonds is 6. The average molecular weight is 425 g/mol. The largest absolute Gasteiger partial charge is 0.356 e. The fourth-order valence-electron chi connectivity index (χ4n) is 1.85. The maximum Gasteiger partial charge on any atom is 0.193 e. The number of nitrogens with zero attached hydrogens (tertiary/aromatic N) is 2. The molecule has 0 saturated carbocycles. The van der Waals surface area contributed by atoms with Crippen molar-refractivity contribution < 1.29 is 8.42 Å². The van der Waals surface area contributed by atoms with Gasteiger partial charge in [-0.25, -0.2) is 8.42 Å². The van der Waals surface area contributed by atoms with Crippen molar-refractivity contribution >= 4 is 39.8 Å². The van der Waals surface area contributed by atoms with Crippen LogP contribution < -0.4 is 5.32 Å².